The minimum Gasteiger partial charge on any atom is -0.481 e. The van der Waals surface area contributed by atoms with Gasteiger partial charge in [-0.05, 0) is 37.5 Å². The first-order valence-corrected chi connectivity index (χ1v) is 15.0. The summed E-state index contributed by atoms with van der Waals surface area (Å²) >= 11 is 0. The van der Waals surface area contributed by atoms with Gasteiger partial charge in [-0.3, -0.25) is 24.0 Å². The van der Waals surface area contributed by atoms with Gasteiger partial charge in [0.1, 0.15) is 17.9 Å². The van der Waals surface area contributed by atoms with Crippen LogP contribution in [0.2, 0.25) is 0 Å². The lowest BCUT2D eigenvalue weighted by atomic mass is 10.1. The molecule has 2 aliphatic heterocycles. The van der Waals surface area contributed by atoms with Crippen LogP contribution in [-0.2, 0) is 19.2 Å². The van der Waals surface area contributed by atoms with Gasteiger partial charge in [0.05, 0.1) is 12.2 Å². The van der Waals surface area contributed by atoms with Crippen LogP contribution in [0.25, 0.3) is 5.69 Å². The van der Waals surface area contributed by atoms with Crippen LogP contribution in [-0.4, -0.2) is 135 Å². The number of aliphatic carboxylic acids is 1. The van der Waals surface area contributed by atoms with Crippen molar-refractivity contribution in [3.05, 3.63) is 41.8 Å². The van der Waals surface area contributed by atoms with Crippen molar-refractivity contribution in [2.45, 2.75) is 44.2 Å². The Bertz CT molecular complexity index is 1530. The molecule has 0 aliphatic carbocycles. The number of carboxylic acids is 1. The zero-order chi connectivity index (χ0) is 35.0. The summed E-state index contributed by atoms with van der Waals surface area (Å²) in [6, 6.07) is 3.84. The highest BCUT2D eigenvalue weighted by molar-refractivity contribution is 5.96. The normalized spacial score (nSPS) is 16.8. The van der Waals surface area contributed by atoms with Gasteiger partial charge in [0.2, 0.25) is 17.7 Å². The first-order valence-electron chi connectivity index (χ1n) is 15.0. The molecule has 0 bridgehead atoms. The number of aromatic nitrogens is 2. The summed E-state index contributed by atoms with van der Waals surface area (Å²) in [5.41, 5.74) is -0.243. The number of alkyl halides is 2. The number of benzene rings is 1. The predicted molar refractivity (Wildman–Crippen MR) is 157 cm³/mol. The van der Waals surface area contributed by atoms with Crippen LogP contribution < -0.4 is 15.4 Å². The number of halogens is 3. The molecule has 0 saturated carbocycles. The first-order chi connectivity index (χ1) is 22.8. The lowest BCUT2D eigenvalue weighted by Crippen LogP contribution is -2.55. The van der Waals surface area contributed by atoms with Crippen molar-refractivity contribution in [3.8, 4) is 11.6 Å². The molecule has 2 atom stereocenters. The highest BCUT2D eigenvalue weighted by atomic mass is 19.3. The third-order valence-corrected chi connectivity index (χ3v) is 7.72. The second kappa shape index (κ2) is 16.0. The number of hydrogen-bond donors (Lipinski definition) is 4. The number of ether oxygens (including phenoxy) is 1. The number of nitrogens with zero attached hydrogens (tertiary/aromatic N) is 5. The number of carbonyl (C=O) groups excluding carboxylic acids is 4. The summed E-state index contributed by atoms with van der Waals surface area (Å²) in [6.45, 7) is -1.26. The van der Waals surface area contributed by atoms with Crippen molar-refractivity contribution in [1.82, 2.24) is 35.1 Å². The van der Waals surface area contributed by atoms with E-state index in [1.54, 1.807) is 0 Å². The van der Waals surface area contributed by atoms with Crippen molar-refractivity contribution in [2.24, 2.45) is 0 Å². The number of amides is 5. The summed E-state index contributed by atoms with van der Waals surface area (Å²) in [5.74, 6) is -5.03. The maximum Gasteiger partial charge on any atom is 0.407 e. The Labute approximate surface area is 271 Å². The van der Waals surface area contributed by atoms with E-state index in [1.165, 1.54) is 21.9 Å². The van der Waals surface area contributed by atoms with Crippen LogP contribution in [0.1, 0.15) is 36.2 Å². The van der Waals surface area contributed by atoms with Crippen molar-refractivity contribution in [3.63, 3.8) is 0 Å². The van der Waals surface area contributed by atoms with Gasteiger partial charge in [0, 0.05) is 45.2 Å². The Morgan fingerprint density at radius 3 is 2.35 bits per heavy atom. The Hall–Kier alpha value is -5.36. The Morgan fingerprint density at radius 1 is 1.00 bits per heavy atom. The van der Waals surface area contributed by atoms with Crippen molar-refractivity contribution in [2.75, 3.05) is 45.9 Å². The molecular formula is C29H34F3N7O9. The molecule has 4 rings (SSSR count). The van der Waals surface area contributed by atoms with Gasteiger partial charge in [0.15, 0.2) is 12.3 Å². The quantitative estimate of drug-likeness (QED) is 0.231. The van der Waals surface area contributed by atoms with Crippen molar-refractivity contribution < 1.29 is 56.9 Å². The molecule has 260 valence electrons. The van der Waals surface area contributed by atoms with Crippen LogP contribution in [0.15, 0.2) is 30.3 Å². The molecular weight excluding hydrogens is 647 g/mol. The molecule has 5 amide bonds. The molecule has 1 aromatic heterocycles. The minimum atomic E-state index is -2.77. The van der Waals surface area contributed by atoms with Crippen molar-refractivity contribution >= 4 is 35.7 Å². The van der Waals surface area contributed by atoms with Gasteiger partial charge >= 0.3 is 12.1 Å². The number of hydrogen-bond acceptors (Lipinski definition) is 8. The second-order valence-corrected chi connectivity index (χ2v) is 11.0. The SMILES string of the molecule is O=C(O)CC[C@H](NC(=O)c1cc(OCC(=O)N2CCC[C@H]2C(=O)NCC(F)F)n(-c2cccc(F)c2)n1)C(=O)N1CCN(C(=O)O)CC1. The lowest BCUT2D eigenvalue weighted by molar-refractivity contribution is -0.140. The molecule has 19 heteroatoms. The number of carboxylic acid groups (broad SMARTS) is 2. The molecule has 4 N–H and O–H groups in total. The third kappa shape index (κ3) is 9.13. The average Bonchev–Trinajstić information content (AvgIpc) is 3.72. The summed E-state index contributed by atoms with van der Waals surface area (Å²) in [7, 11) is 0. The molecule has 2 fully saturated rings. The van der Waals surface area contributed by atoms with Crippen molar-refractivity contribution in [1.29, 1.82) is 0 Å². The van der Waals surface area contributed by atoms with E-state index < -0.39 is 79.6 Å². The Kier molecular flexibility index (Phi) is 11.8. The predicted octanol–water partition coefficient (Wildman–Crippen LogP) is 0.548. The fraction of sp³-hybridized carbons (Fsp3) is 0.483. The average molecular weight is 682 g/mol. The third-order valence-electron chi connectivity index (χ3n) is 7.72. The van der Waals surface area contributed by atoms with Crippen LogP contribution >= 0.6 is 0 Å². The second-order valence-electron chi connectivity index (χ2n) is 11.0. The topological polar surface area (TPSA) is 204 Å². The van der Waals surface area contributed by atoms with E-state index in [1.807, 2.05) is 0 Å². The summed E-state index contributed by atoms with van der Waals surface area (Å²) in [6.07, 6.45) is -3.98. The van der Waals surface area contributed by atoms with Gasteiger partial charge in [-0.2, -0.15) is 5.10 Å². The molecule has 48 heavy (non-hydrogen) atoms. The number of carbonyl (C=O) groups is 6. The van der Waals surface area contributed by atoms with E-state index in [-0.39, 0.29) is 62.8 Å². The smallest absolute Gasteiger partial charge is 0.407 e. The van der Waals surface area contributed by atoms with Crippen LogP contribution in [0, 0.1) is 5.82 Å². The number of likely N-dealkylation sites (tertiary alicyclic amines) is 1. The van der Waals surface area contributed by atoms with E-state index in [0.717, 1.165) is 27.8 Å². The summed E-state index contributed by atoms with van der Waals surface area (Å²) in [5, 5.41) is 27.1. The molecule has 16 nitrogen and oxygen atoms in total. The van der Waals surface area contributed by atoms with E-state index >= 15 is 0 Å². The van der Waals surface area contributed by atoms with Crippen LogP contribution in [0.5, 0.6) is 5.88 Å². The van der Waals surface area contributed by atoms with Gasteiger partial charge in [-0.1, -0.05) is 6.07 Å². The summed E-state index contributed by atoms with van der Waals surface area (Å²) < 4.78 is 46.0. The number of piperazine rings is 1. The standard InChI is InChI=1S/C29H34F3N7O9/c30-17-3-1-4-18(13-17)39-24(48-16-23(40)38-8-2-5-21(38)27(44)33-15-22(31)32)14-20(35-39)26(43)34-19(6-7-25(41)42)28(45)36-9-11-37(12-10-36)29(46)47/h1,3-4,13-14,19,21-22H,2,5-12,15-16H2,(H,33,44)(H,34,43)(H,41,42)(H,46,47)/t19-,21-/m0/s1. The van der Waals surface area contributed by atoms with Gasteiger partial charge in [0.25, 0.3) is 18.2 Å². The Balaban J connectivity index is 1.51. The van der Waals surface area contributed by atoms with Crippen LogP contribution in [0.4, 0.5) is 18.0 Å². The number of nitrogens with one attached hydrogen (secondary N) is 2. The van der Waals surface area contributed by atoms with Gasteiger partial charge in [-0.25, -0.2) is 22.6 Å². The molecule has 0 spiro atoms. The van der Waals surface area contributed by atoms with E-state index in [4.69, 9.17) is 4.74 Å². The van der Waals surface area contributed by atoms with E-state index in [0.29, 0.717) is 6.42 Å². The fourth-order valence-corrected chi connectivity index (χ4v) is 5.32. The zero-order valence-electron chi connectivity index (χ0n) is 25.5. The fourth-order valence-electron chi connectivity index (χ4n) is 5.32. The largest absolute Gasteiger partial charge is 0.481 e. The molecule has 3 heterocycles. The van der Waals surface area contributed by atoms with Crippen LogP contribution in [0.3, 0.4) is 0 Å². The maximum absolute atomic E-state index is 14.1. The molecule has 1 aromatic carbocycles. The highest BCUT2D eigenvalue weighted by Crippen LogP contribution is 2.23. The lowest BCUT2D eigenvalue weighted by Gasteiger charge is -2.35. The van der Waals surface area contributed by atoms with E-state index in [9.17, 15) is 52.2 Å². The number of rotatable bonds is 13. The van der Waals surface area contributed by atoms with Gasteiger partial charge < -0.3 is 40.3 Å². The molecule has 0 unspecified atom stereocenters. The zero-order valence-corrected chi connectivity index (χ0v) is 25.5. The minimum absolute atomic E-state index is 0.0243. The first kappa shape index (κ1) is 35.5. The molecule has 2 saturated heterocycles. The van der Waals surface area contributed by atoms with Gasteiger partial charge in [-0.15, -0.1) is 0 Å². The molecule has 0 radical (unpaired) electrons. The summed E-state index contributed by atoms with van der Waals surface area (Å²) in [4.78, 5) is 78.2. The Morgan fingerprint density at radius 2 is 1.71 bits per heavy atom. The van der Waals surface area contributed by atoms with E-state index in [2.05, 4.69) is 15.7 Å². The molecule has 2 aromatic rings. The molecule has 2 aliphatic rings. The highest BCUT2D eigenvalue weighted by Gasteiger charge is 2.35. The monoisotopic (exact) mass is 681 g/mol. The maximum atomic E-state index is 14.1.